The van der Waals surface area contributed by atoms with E-state index in [1.807, 2.05) is 48.5 Å². The Morgan fingerprint density at radius 2 is 1.85 bits per heavy atom. The summed E-state index contributed by atoms with van der Waals surface area (Å²) in [5.74, 6) is 0.609. The summed E-state index contributed by atoms with van der Waals surface area (Å²) in [5, 5.41) is 9.97. The van der Waals surface area contributed by atoms with Gasteiger partial charge in [0.2, 0.25) is 0 Å². The Bertz CT molecular complexity index is 817. The lowest BCUT2D eigenvalue weighted by atomic mass is 10.0. The van der Waals surface area contributed by atoms with E-state index in [-0.39, 0.29) is 12.6 Å². The molecule has 0 aliphatic carbocycles. The summed E-state index contributed by atoms with van der Waals surface area (Å²) < 4.78 is 6.21. The van der Waals surface area contributed by atoms with E-state index < -0.39 is 6.03 Å². The third-order valence-corrected chi connectivity index (χ3v) is 3.83. The van der Waals surface area contributed by atoms with Crippen LogP contribution in [-0.4, -0.2) is 21.3 Å². The number of carbonyl (C=O) groups excluding carboxylic acids is 1. The molecule has 0 aliphatic heterocycles. The summed E-state index contributed by atoms with van der Waals surface area (Å²) in [6.45, 7) is -0.0184. The first-order chi connectivity index (χ1) is 12.6. The van der Waals surface area contributed by atoms with E-state index >= 15 is 0 Å². The predicted octanol–water partition coefficient (Wildman–Crippen LogP) is 3.52. The van der Waals surface area contributed by atoms with Crippen LogP contribution in [0.2, 0.25) is 0 Å². The fourth-order valence-electron chi connectivity index (χ4n) is 2.59. The van der Waals surface area contributed by atoms with Crippen molar-refractivity contribution in [3.8, 4) is 5.75 Å². The van der Waals surface area contributed by atoms with Gasteiger partial charge < -0.3 is 10.5 Å². The van der Waals surface area contributed by atoms with Gasteiger partial charge in [-0.25, -0.2) is 9.86 Å². The topological polar surface area (TPSA) is 88.7 Å². The molecule has 3 rings (SSSR count). The van der Waals surface area contributed by atoms with E-state index in [1.165, 1.54) is 0 Å². The van der Waals surface area contributed by atoms with Crippen molar-refractivity contribution in [2.24, 2.45) is 5.73 Å². The van der Waals surface area contributed by atoms with Gasteiger partial charge >= 0.3 is 6.03 Å². The Hall–Kier alpha value is -3.38. The van der Waals surface area contributed by atoms with E-state index in [2.05, 4.69) is 4.98 Å². The van der Waals surface area contributed by atoms with E-state index in [0.29, 0.717) is 16.4 Å². The van der Waals surface area contributed by atoms with Crippen LogP contribution < -0.4 is 10.5 Å². The minimum Gasteiger partial charge on any atom is -0.481 e. The molecule has 1 unspecified atom stereocenters. The molecular formula is C20H19N3O3. The lowest BCUT2D eigenvalue weighted by Crippen LogP contribution is -2.31. The normalized spacial score (nSPS) is 11.6. The number of amides is 2. The first-order valence-corrected chi connectivity index (χ1v) is 8.10. The van der Waals surface area contributed by atoms with E-state index in [0.717, 1.165) is 11.1 Å². The first-order valence-electron chi connectivity index (χ1n) is 8.10. The molecule has 1 heterocycles. The quantitative estimate of drug-likeness (QED) is 0.526. The number of nitrogens with two attached hydrogens (primary N) is 1. The molecule has 0 fully saturated rings. The molecule has 3 N–H and O–H groups in total. The molecular weight excluding hydrogens is 330 g/mol. The van der Waals surface area contributed by atoms with Crippen molar-refractivity contribution >= 4 is 6.03 Å². The molecule has 0 saturated carbocycles. The van der Waals surface area contributed by atoms with Gasteiger partial charge in [0.05, 0.1) is 6.54 Å². The van der Waals surface area contributed by atoms with Crippen LogP contribution in [0.3, 0.4) is 0 Å². The van der Waals surface area contributed by atoms with Gasteiger partial charge in [-0.2, -0.15) is 0 Å². The minimum atomic E-state index is -0.908. The van der Waals surface area contributed by atoms with Crippen LogP contribution in [-0.2, 0) is 6.54 Å². The number of carbonyl (C=O) groups is 1. The predicted molar refractivity (Wildman–Crippen MR) is 96.5 cm³/mol. The van der Waals surface area contributed by atoms with Crippen LogP contribution in [0, 0.1) is 0 Å². The zero-order valence-corrected chi connectivity index (χ0v) is 14.0. The van der Waals surface area contributed by atoms with Crippen molar-refractivity contribution in [3.63, 3.8) is 0 Å². The van der Waals surface area contributed by atoms with Crippen LogP contribution in [0.4, 0.5) is 4.79 Å². The number of rotatable bonds is 6. The largest absolute Gasteiger partial charge is 0.481 e. The van der Waals surface area contributed by atoms with Crippen molar-refractivity contribution in [3.05, 3.63) is 95.8 Å². The zero-order valence-electron chi connectivity index (χ0n) is 14.0. The van der Waals surface area contributed by atoms with Gasteiger partial charge in [0.15, 0.2) is 6.10 Å². The van der Waals surface area contributed by atoms with E-state index in [1.54, 1.807) is 30.6 Å². The van der Waals surface area contributed by atoms with Gasteiger partial charge in [0.1, 0.15) is 5.75 Å². The van der Waals surface area contributed by atoms with Crippen molar-refractivity contribution in [2.75, 3.05) is 0 Å². The third kappa shape index (κ3) is 4.37. The molecule has 0 radical (unpaired) electrons. The Morgan fingerprint density at radius 1 is 1.08 bits per heavy atom. The van der Waals surface area contributed by atoms with Gasteiger partial charge in [0.25, 0.3) is 0 Å². The summed E-state index contributed by atoms with van der Waals surface area (Å²) in [6.07, 6.45) is 3.15. The highest BCUT2D eigenvalue weighted by Gasteiger charge is 2.16. The first kappa shape index (κ1) is 17.4. The minimum absolute atomic E-state index is 0.0184. The Kier molecular flexibility index (Phi) is 5.46. The van der Waals surface area contributed by atoms with Gasteiger partial charge in [-0.1, -0.05) is 48.5 Å². The SMILES string of the molecule is NC(=O)N(O)Cc1cccc(OC(c2ccccc2)c2cccnc2)c1. The fraction of sp³-hybridized carbons (Fsp3) is 0.100. The van der Waals surface area contributed by atoms with Crippen LogP contribution in [0.1, 0.15) is 22.8 Å². The van der Waals surface area contributed by atoms with Crippen LogP contribution >= 0.6 is 0 Å². The molecule has 2 aromatic carbocycles. The zero-order chi connectivity index (χ0) is 18.4. The molecule has 1 atom stereocenters. The highest BCUT2D eigenvalue weighted by Crippen LogP contribution is 2.28. The highest BCUT2D eigenvalue weighted by atomic mass is 16.5. The average Bonchev–Trinajstić information content (AvgIpc) is 2.68. The maximum atomic E-state index is 11.0. The second-order valence-corrected chi connectivity index (χ2v) is 5.74. The lowest BCUT2D eigenvalue weighted by molar-refractivity contribution is -0.0470. The monoisotopic (exact) mass is 349 g/mol. The standard InChI is InChI=1S/C20H19N3O3/c21-20(24)23(25)14-15-6-4-10-18(12-15)26-19(16-7-2-1-3-8-16)17-9-5-11-22-13-17/h1-13,19,25H,14H2,(H2,21,24). The molecule has 0 spiro atoms. The molecule has 6 heteroatoms. The number of hydroxylamine groups is 2. The van der Waals surface area contributed by atoms with Gasteiger partial charge in [-0.15, -0.1) is 0 Å². The number of urea groups is 1. The molecule has 1 aromatic heterocycles. The van der Waals surface area contributed by atoms with E-state index in [9.17, 15) is 10.0 Å². The molecule has 0 bridgehead atoms. The second-order valence-electron chi connectivity index (χ2n) is 5.74. The number of hydrogen-bond acceptors (Lipinski definition) is 4. The summed E-state index contributed by atoms with van der Waals surface area (Å²) >= 11 is 0. The number of nitrogens with zero attached hydrogens (tertiary/aromatic N) is 2. The van der Waals surface area contributed by atoms with Gasteiger partial charge in [-0.3, -0.25) is 10.2 Å². The van der Waals surface area contributed by atoms with Crippen molar-refractivity contribution in [2.45, 2.75) is 12.6 Å². The summed E-state index contributed by atoms with van der Waals surface area (Å²) in [4.78, 5) is 15.2. The fourth-order valence-corrected chi connectivity index (χ4v) is 2.59. The number of aromatic nitrogens is 1. The second kappa shape index (κ2) is 8.13. The van der Waals surface area contributed by atoms with Gasteiger partial charge in [-0.05, 0) is 29.3 Å². The maximum Gasteiger partial charge on any atom is 0.338 e. The Labute approximate surface area is 151 Å². The molecule has 3 aromatic rings. The highest BCUT2D eigenvalue weighted by molar-refractivity contribution is 5.70. The molecule has 26 heavy (non-hydrogen) atoms. The number of hydrogen-bond donors (Lipinski definition) is 2. The number of ether oxygens (including phenoxy) is 1. The maximum absolute atomic E-state index is 11.0. The van der Waals surface area contributed by atoms with Crippen molar-refractivity contribution in [1.29, 1.82) is 0 Å². The summed E-state index contributed by atoms with van der Waals surface area (Å²) in [5.41, 5.74) is 7.66. The summed E-state index contributed by atoms with van der Waals surface area (Å²) in [6, 6.07) is 19.9. The lowest BCUT2D eigenvalue weighted by Gasteiger charge is -2.20. The molecule has 0 aliphatic rings. The number of benzene rings is 2. The molecule has 0 saturated heterocycles. The van der Waals surface area contributed by atoms with Crippen LogP contribution in [0.25, 0.3) is 0 Å². The Balaban J connectivity index is 1.87. The molecule has 132 valence electrons. The van der Waals surface area contributed by atoms with Crippen LogP contribution in [0.5, 0.6) is 5.75 Å². The summed E-state index contributed by atoms with van der Waals surface area (Å²) in [7, 11) is 0. The van der Waals surface area contributed by atoms with Crippen LogP contribution in [0.15, 0.2) is 79.1 Å². The van der Waals surface area contributed by atoms with Crippen molar-refractivity contribution < 1.29 is 14.7 Å². The van der Waals surface area contributed by atoms with E-state index in [4.69, 9.17) is 10.5 Å². The smallest absolute Gasteiger partial charge is 0.338 e. The van der Waals surface area contributed by atoms with Gasteiger partial charge in [0, 0.05) is 18.0 Å². The molecule has 6 nitrogen and oxygen atoms in total. The Morgan fingerprint density at radius 3 is 2.54 bits per heavy atom. The number of primary amides is 1. The van der Waals surface area contributed by atoms with Crippen molar-refractivity contribution in [1.82, 2.24) is 10.0 Å². The number of pyridine rings is 1. The molecule has 2 amide bonds. The third-order valence-electron chi connectivity index (χ3n) is 3.83. The average molecular weight is 349 g/mol.